The Balaban J connectivity index is 1.76. The molecule has 0 saturated carbocycles. The number of fused-ring (bicyclic) bond motifs is 1. The monoisotopic (exact) mass is 440 g/mol. The Morgan fingerprint density at radius 3 is 2.40 bits per heavy atom. The Labute approximate surface area is 188 Å². The molecule has 1 unspecified atom stereocenters. The van der Waals surface area contributed by atoms with E-state index in [1.807, 2.05) is 12.1 Å². The van der Waals surface area contributed by atoms with Crippen molar-refractivity contribution < 1.29 is 14.4 Å². The van der Waals surface area contributed by atoms with Gasteiger partial charge in [0.2, 0.25) is 0 Å². The van der Waals surface area contributed by atoms with E-state index < -0.39 is 0 Å². The number of ether oxygens (including phenoxy) is 2. The predicted octanol–water partition coefficient (Wildman–Crippen LogP) is 4.81. The van der Waals surface area contributed by atoms with Gasteiger partial charge in [-0.15, -0.1) is 11.8 Å². The molecular weight excluding hydrogens is 414 g/mol. The van der Waals surface area contributed by atoms with E-state index in [4.69, 9.17) is 21.1 Å². The van der Waals surface area contributed by atoms with Gasteiger partial charge >= 0.3 is 0 Å². The molecular formula is C25H27ClNO2S+. The highest BCUT2D eigenvalue weighted by Gasteiger charge is 2.34. The van der Waals surface area contributed by atoms with Gasteiger partial charge < -0.3 is 14.4 Å². The average molecular weight is 441 g/mol. The number of quaternary nitrogens is 1. The third-order valence-electron chi connectivity index (χ3n) is 5.85. The van der Waals surface area contributed by atoms with Crippen molar-refractivity contribution in [3.05, 3.63) is 87.9 Å². The van der Waals surface area contributed by atoms with Crippen molar-refractivity contribution in [3.8, 4) is 11.5 Å². The molecule has 0 aromatic heterocycles. The molecule has 1 aliphatic rings. The van der Waals surface area contributed by atoms with Crippen LogP contribution in [0.3, 0.4) is 0 Å². The van der Waals surface area contributed by atoms with Crippen LogP contribution in [0.1, 0.15) is 28.3 Å². The first-order chi connectivity index (χ1) is 14.6. The molecule has 2 atom stereocenters. The Hall–Kier alpha value is -2.14. The fourth-order valence-electron chi connectivity index (χ4n) is 4.38. The molecule has 156 valence electrons. The highest BCUT2D eigenvalue weighted by atomic mass is 35.5. The quantitative estimate of drug-likeness (QED) is 0.556. The molecule has 3 nitrogen and oxygen atoms in total. The summed E-state index contributed by atoms with van der Waals surface area (Å²) in [5, 5.41) is 0.767. The first-order valence-electron chi connectivity index (χ1n) is 10.1. The summed E-state index contributed by atoms with van der Waals surface area (Å²) in [5.74, 6) is 1.56. The Morgan fingerprint density at radius 2 is 1.73 bits per heavy atom. The van der Waals surface area contributed by atoms with Gasteiger partial charge in [0.1, 0.15) is 12.6 Å². The molecule has 0 amide bonds. The standard InChI is InChI=1S/C25H26ClNO2S/c1-28-23-14-18-11-12-27(16-17-7-9-21(30-3)10-8-17)25(22(18)15-24(23)29-2)19-5-4-6-20(26)13-19/h4-10,13-15,25H,11-12,16H2,1-3H3/p+1/t25-/m0/s1. The maximum Gasteiger partial charge on any atom is 0.161 e. The van der Waals surface area contributed by atoms with Crippen molar-refractivity contribution >= 4 is 23.4 Å². The van der Waals surface area contributed by atoms with E-state index >= 15 is 0 Å². The molecule has 0 fully saturated rings. The van der Waals surface area contributed by atoms with Crippen molar-refractivity contribution in [2.75, 3.05) is 27.0 Å². The summed E-state index contributed by atoms with van der Waals surface area (Å²) in [5.41, 5.74) is 5.18. The lowest BCUT2D eigenvalue weighted by atomic mass is 9.87. The zero-order valence-corrected chi connectivity index (χ0v) is 19.1. The molecule has 0 saturated heterocycles. The number of hydrogen-bond donors (Lipinski definition) is 1. The lowest BCUT2D eigenvalue weighted by Gasteiger charge is -2.35. The molecule has 3 aromatic rings. The minimum Gasteiger partial charge on any atom is -0.493 e. The van der Waals surface area contributed by atoms with E-state index in [1.165, 1.54) is 32.0 Å². The van der Waals surface area contributed by atoms with E-state index in [2.05, 4.69) is 54.8 Å². The van der Waals surface area contributed by atoms with Crippen molar-refractivity contribution in [2.24, 2.45) is 0 Å². The third kappa shape index (κ3) is 4.31. The summed E-state index contributed by atoms with van der Waals surface area (Å²) in [6.07, 6.45) is 3.11. The molecule has 1 N–H and O–H groups in total. The van der Waals surface area contributed by atoms with Gasteiger partial charge in [-0.3, -0.25) is 0 Å². The molecule has 3 aromatic carbocycles. The number of rotatable bonds is 6. The van der Waals surface area contributed by atoms with Crippen LogP contribution in [0.5, 0.6) is 11.5 Å². The highest BCUT2D eigenvalue weighted by molar-refractivity contribution is 7.98. The molecule has 4 rings (SSSR count). The summed E-state index contributed by atoms with van der Waals surface area (Å²) in [4.78, 5) is 2.80. The van der Waals surface area contributed by atoms with Crippen molar-refractivity contribution in [1.82, 2.24) is 0 Å². The molecule has 1 heterocycles. The number of methoxy groups -OCH3 is 2. The fourth-order valence-corrected chi connectivity index (χ4v) is 4.99. The van der Waals surface area contributed by atoms with Crippen LogP contribution in [0, 0.1) is 0 Å². The van der Waals surface area contributed by atoms with Crippen molar-refractivity contribution in [3.63, 3.8) is 0 Å². The maximum atomic E-state index is 6.38. The van der Waals surface area contributed by atoms with E-state index in [0.717, 1.165) is 36.0 Å². The van der Waals surface area contributed by atoms with Gasteiger partial charge in [0.15, 0.2) is 11.5 Å². The van der Waals surface area contributed by atoms with E-state index in [9.17, 15) is 0 Å². The minimum absolute atomic E-state index is 0.187. The lowest BCUT2D eigenvalue weighted by molar-refractivity contribution is -0.941. The normalized spacial score (nSPS) is 18.0. The molecule has 0 aliphatic carbocycles. The second-order valence-electron chi connectivity index (χ2n) is 7.58. The van der Waals surface area contributed by atoms with Crippen LogP contribution in [0.15, 0.2) is 65.6 Å². The number of nitrogens with one attached hydrogen (secondary N) is 1. The molecule has 0 radical (unpaired) electrons. The minimum atomic E-state index is 0.187. The van der Waals surface area contributed by atoms with E-state index in [0.29, 0.717) is 0 Å². The summed E-state index contributed by atoms with van der Waals surface area (Å²) in [6.45, 7) is 2.00. The van der Waals surface area contributed by atoms with Crippen LogP contribution >= 0.6 is 23.4 Å². The molecule has 0 spiro atoms. The first-order valence-corrected chi connectivity index (χ1v) is 11.7. The topological polar surface area (TPSA) is 22.9 Å². The molecule has 30 heavy (non-hydrogen) atoms. The summed E-state index contributed by atoms with van der Waals surface area (Å²) < 4.78 is 11.2. The Morgan fingerprint density at radius 1 is 1.00 bits per heavy atom. The summed E-state index contributed by atoms with van der Waals surface area (Å²) >= 11 is 8.16. The van der Waals surface area contributed by atoms with Crippen molar-refractivity contribution in [1.29, 1.82) is 0 Å². The van der Waals surface area contributed by atoms with Crippen LogP contribution < -0.4 is 14.4 Å². The third-order valence-corrected chi connectivity index (χ3v) is 6.83. The largest absolute Gasteiger partial charge is 0.493 e. The van der Waals surface area contributed by atoms with Gasteiger partial charge in [-0.2, -0.15) is 0 Å². The first kappa shape index (κ1) is 21.1. The van der Waals surface area contributed by atoms with Crippen LogP contribution in [-0.2, 0) is 13.0 Å². The van der Waals surface area contributed by atoms with Gasteiger partial charge in [-0.1, -0.05) is 35.9 Å². The Kier molecular flexibility index (Phi) is 6.57. The van der Waals surface area contributed by atoms with Gasteiger partial charge in [0.05, 0.1) is 20.8 Å². The van der Waals surface area contributed by atoms with E-state index in [-0.39, 0.29) is 6.04 Å². The van der Waals surface area contributed by atoms with Crippen LogP contribution in [0.2, 0.25) is 5.02 Å². The van der Waals surface area contributed by atoms with Crippen molar-refractivity contribution in [2.45, 2.75) is 23.9 Å². The molecule has 5 heteroatoms. The summed E-state index contributed by atoms with van der Waals surface area (Å²) in [7, 11) is 3.39. The fraction of sp³-hybridized carbons (Fsp3) is 0.280. The van der Waals surface area contributed by atoms with Gasteiger partial charge in [0.25, 0.3) is 0 Å². The maximum absolute atomic E-state index is 6.38. The number of thioether (sulfide) groups is 1. The SMILES string of the molecule is COc1cc2c(cc1OC)[C@H](c1cccc(Cl)c1)[NH+](Cc1ccc(SC)cc1)CC2. The highest BCUT2D eigenvalue weighted by Crippen LogP contribution is 2.36. The molecule has 0 bridgehead atoms. The summed E-state index contributed by atoms with van der Waals surface area (Å²) in [6, 6.07) is 21.6. The van der Waals surface area contributed by atoms with Crippen LogP contribution in [-0.4, -0.2) is 27.0 Å². The number of benzene rings is 3. The smallest absolute Gasteiger partial charge is 0.161 e. The van der Waals surface area contributed by atoms with Crippen LogP contribution in [0.4, 0.5) is 0 Å². The van der Waals surface area contributed by atoms with Gasteiger partial charge in [-0.05, 0) is 48.2 Å². The van der Waals surface area contributed by atoms with Gasteiger partial charge in [0, 0.05) is 33.0 Å². The zero-order valence-electron chi connectivity index (χ0n) is 17.6. The average Bonchev–Trinajstić information content (AvgIpc) is 2.78. The molecule has 1 aliphatic heterocycles. The zero-order chi connectivity index (χ0) is 21.1. The second-order valence-corrected chi connectivity index (χ2v) is 8.89. The lowest BCUT2D eigenvalue weighted by Crippen LogP contribution is -3.12. The predicted molar refractivity (Wildman–Crippen MR) is 124 cm³/mol. The Bertz CT molecular complexity index is 1020. The van der Waals surface area contributed by atoms with E-state index in [1.54, 1.807) is 26.0 Å². The number of halogens is 1. The van der Waals surface area contributed by atoms with Crippen LogP contribution in [0.25, 0.3) is 0 Å². The van der Waals surface area contributed by atoms with Gasteiger partial charge in [-0.25, -0.2) is 0 Å². The number of hydrogen-bond acceptors (Lipinski definition) is 3. The second kappa shape index (κ2) is 9.34.